The number of benzene rings is 1. The maximum absolute atomic E-state index is 11.8. The third-order valence-electron chi connectivity index (χ3n) is 2.46. The van der Waals surface area contributed by atoms with Crippen molar-refractivity contribution in [2.75, 3.05) is 21.2 Å². The molecule has 0 aliphatic rings. The van der Waals surface area contributed by atoms with Gasteiger partial charge >= 0.3 is 0 Å². The summed E-state index contributed by atoms with van der Waals surface area (Å²) in [4.78, 5) is 17.6. The normalized spacial score (nSPS) is 10.2. The topological polar surface area (TPSA) is 42.4 Å². The van der Waals surface area contributed by atoms with E-state index in [4.69, 9.17) is 4.74 Å². The van der Waals surface area contributed by atoms with Gasteiger partial charge in [0.2, 0.25) is 0 Å². The molecular weight excluding hydrogens is 248 g/mol. The predicted molar refractivity (Wildman–Crippen MR) is 72.1 cm³/mol. The van der Waals surface area contributed by atoms with Gasteiger partial charge < -0.3 is 9.64 Å². The number of hydrogen-bond acceptors (Lipinski definition) is 4. The van der Waals surface area contributed by atoms with Gasteiger partial charge in [0.15, 0.2) is 5.01 Å². The lowest BCUT2D eigenvalue weighted by Gasteiger charge is -2.06. The smallest absolute Gasteiger partial charge is 0.282 e. The Kier molecular flexibility index (Phi) is 3.62. The quantitative estimate of drug-likeness (QED) is 0.853. The molecule has 0 saturated carbocycles. The van der Waals surface area contributed by atoms with Crippen LogP contribution in [-0.4, -0.2) is 37.0 Å². The highest BCUT2D eigenvalue weighted by molar-refractivity contribution is 7.12. The monoisotopic (exact) mass is 262 g/mol. The van der Waals surface area contributed by atoms with Gasteiger partial charge in [-0.1, -0.05) is 12.1 Å². The average Bonchev–Trinajstić information content (AvgIpc) is 2.87. The van der Waals surface area contributed by atoms with Crippen LogP contribution in [0.25, 0.3) is 11.3 Å². The first-order valence-electron chi connectivity index (χ1n) is 5.43. The number of amides is 1. The van der Waals surface area contributed by atoms with Crippen molar-refractivity contribution in [1.29, 1.82) is 0 Å². The van der Waals surface area contributed by atoms with Crippen molar-refractivity contribution in [3.63, 3.8) is 0 Å². The molecule has 0 fully saturated rings. The Labute approximate surface area is 110 Å². The second-order valence-electron chi connectivity index (χ2n) is 3.97. The Hall–Kier alpha value is -1.88. The minimum atomic E-state index is -0.0749. The van der Waals surface area contributed by atoms with Crippen molar-refractivity contribution in [2.45, 2.75) is 0 Å². The fraction of sp³-hybridized carbons (Fsp3) is 0.231. The fourth-order valence-corrected chi connectivity index (χ4v) is 2.32. The SMILES string of the molecule is COc1cccc(-c2csc(C(=O)N(C)C)n2)c1. The van der Waals surface area contributed by atoms with Crippen molar-refractivity contribution >= 4 is 17.2 Å². The molecule has 1 heterocycles. The van der Waals surface area contributed by atoms with Crippen molar-refractivity contribution in [3.05, 3.63) is 34.7 Å². The van der Waals surface area contributed by atoms with Crippen LogP contribution in [-0.2, 0) is 0 Å². The number of nitrogens with zero attached hydrogens (tertiary/aromatic N) is 2. The van der Waals surface area contributed by atoms with Crippen molar-refractivity contribution in [2.24, 2.45) is 0 Å². The Balaban J connectivity index is 2.32. The first kappa shape index (κ1) is 12.6. The highest BCUT2D eigenvalue weighted by Gasteiger charge is 2.13. The molecule has 0 aliphatic carbocycles. The molecule has 0 N–H and O–H groups in total. The average molecular weight is 262 g/mol. The van der Waals surface area contributed by atoms with E-state index in [0.717, 1.165) is 17.0 Å². The van der Waals surface area contributed by atoms with E-state index in [1.165, 1.54) is 16.2 Å². The molecule has 1 amide bonds. The molecule has 5 heteroatoms. The summed E-state index contributed by atoms with van der Waals surface area (Å²) in [5.74, 6) is 0.704. The summed E-state index contributed by atoms with van der Waals surface area (Å²) in [6.07, 6.45) is 0. The Morgan fingerprint density at radius 2 is 2.17 bits per heavy atom. The largest absolute Gasteiger partial charge is 0.497 e. The highest BCUT2D eigenvalue weighted by atomic mass is 32.1. The molecule has 0 spiro atoms. The molecule has 0 saturated heterocycles. The van der Waals surface area contributed by atoms with Crippen LogP contribution in [0, 0.1) is 0 Å². The zero-order valence-electron chi connectivity index (χ0n) is 10.5. The lowest BCUT2D eigenvalue weighted by atomic mass is 10.2. The van der Waals surface area contributed by atoms with Gasteiger partial charge in [-0.05, 0) is 12.1 Å². The van der Waals surface area contributed by atoms with Gasteiger partial charge in [-0.25, -0.2) is 4.98 Å². The first-order valence-corrected chi connectivity index (χ1v) is 6.31. The van der Waals surface area contributed by atoms with E-state index in [9.17, 15) is 4.79 Å². The van der Waals surface area contributed by atoms with Crippen molar-refractivity contribution in [3.8, 4) is 17.0 Å². The third kappa shape index (κ3) is 2.51. The Morgan fingerprint density at radius 1 is 1.39 bits per heavy atom. The lowest BCUT2D eigenvalue weighted by molar-refractivity contribution is 0.0827. The number of carbonyl (C=O) groups is 1. The van der Waals surface area contributed by atoms with Crippen LogP contribution < -0.4 is 4.74 Å². The zero-order chi connectivity index (χ0) is 13.1. The maximum atomic E-state index is 11.8. The molecule has 1 aromatic heterocycles. The van der Waals surface area contributed by atoms with Crippen molar-refractivity contribution in [1.82, 2.24) is 9.88 Å². The molecule has 0 radical (unpaired) electrons. The number of rotatable bonds is 3. The fourth-order valence-electron chi connectivity index (χ4n) is 1.48. The standard InChI is InChI=1S/C13H14N2O2S/c1-15(2)13(16)12-14-11(8-18-12)9-5-4-6-10(7-9)17-3/h4-8H,1-3H3. The van der Waals surface area contributed by atoms with Crippen LogP contribution in [0.3, 0.4) is 0 Å². The molecule has 0 unspecified atom stereocenters. The number of ether oxygens (including phenoxy) is 1. The molecule has 94 valence electrons. The molecule has 0 atom stereocenters. The second-order valence-corrected chi connectivity index (χ2v) is 4.83. The number of thiazole rings is 1. The van der Waals surface area contributed by atoms with Crippen LogP contribution in [0.5, 0.6) is 5.75 Å². The number of carbonyl (C=O) groups excluding carboxylic acids is 1. The number of methoxy groups -OCH3 is 1. The van der Waals surface area contributed by atoms with Crippen LogP contribution in [0.1, 0.15) is 9.80 Å². The molecule has 0 aliphatic heterocycles. The summed E-state index contributed by atoms with van der Waals surface area (Å²) in [5, 5.41) is 2.38. The van der Waals surface area contributed by atoms with Gasteiger partial charge in [-0.15, -0.1) is 11.3 Å². The zero-order valence-corrected chi connectivity index (χ0v) is 11.3. The van der Waals surface area contributed by atoms with E-state index < -0.39 is 0 Å². The van der Waals surface area contributed by atoms with Gasteiger partial charge in [-0.2, -0.15) is 0 Å². The van der Waals surface area contributed by atoms with Gasteiger partial charge in [0.05, 0.1) is 12.8 Å². The second kappa shape index (κ2) is 5.18. The summed E-state index contributed by atoms with van der Waals surface area (Å²) < 4.78 is 5.17. The van der Waals surface area contributed by atoms with E-state index in [1.54, 1.807) is 21.2 Å². The molecule has 18 heavy (non-hydrogen) atoms. The Morgan fingerprint density at radius 3 is 2.83 bits per heavy atom. The molecule has 1 aromatic carbocycles. The van der Waals surface area contributed by atoms with Crippen LogP contribution in [0.2, 0.25) is 0 Å². The molecule has 2 rings (SSSR count). The van der Waals surface area contributed by atoms with Gasteiger partial charge in [0.25, 0.3) is 5.91 Å². The van der Waals surface area contributed by atoms with Gasteiger partial charge in [0, 0.05) is 25.0 Å². The predicted octanol–water partition coefficient (Wildman–Crippen LogP) is 2.52. The number of hydrogen-bond donors (Lipinski definition) is 0. The van der Waals surface area contributed by atoms with E-state index in [-0.39, 0.29) is 5.91 Å². The maximum Gasteiger partial charge on any atom is 0.282 e. The summed E-state index contributed by atoms with van der Waals surface area (Å²) in [5.41, 5.74) is 1.74. The van der Waals surface area contributed by atoms with E-state index in [0.29, 0.717) is 5.01 Å². The van der Waals surface area contributed by atoms with Crippen LogP contribution in [0.4, 0.5) is 0 Å². The highest BCUT2D eigenvalue weighted by Crippen LogP contribution is 2.25. The summed E-state index contributed by atoms with van der Waals surface area (Å²) in [6, 6.07) is 7.63. The molecule has 4 nitrogen and oxygen atoms in total. The minimum absolute atomic E-state index is 0.0749. The third-order valence-corrected chi connectivity index (χ3v) is 3.29. The van der Waals surface area contributed by atoms with Crippen LogP contribution >= 0.6 is 11.3 Å². The molecular formula is C13H14N2O2S. The lowest BCUT2D eigenvalue weighted by Crippen LogP contribution is -2.21. The molecule has 2 aromatic rings. The Bertz CT molecular complexity index is 564. The first-order chi connectivity index (χ1) is 8.61. The van der Waals surface area contributed by atoms with E-state index in [2.05, 4.69) is 4.98 Å². The number of aromatic nitrogens is 1. The summed E-state index contributed by atoms with van der Waals surface area (Å²) >= 11 is 1.35. The van der Waals surface area contributed by atoms with Crippen LogP contribution in [0.15, 0.2) is 29.6 Å². The van der Waals surface area contributed by atoms with E-state index in [1.807, 2.05) is 29.6 Å². The van der Waals surface area contributed by atoms with Gasteiger partial charge in [0.1, 0.15) is 5.75 Å². The minimum Gasteiger partial charge on any atom is -0.497 e. The van der Waals surface area contributed by atoms with Crippen molar-refractivity contribution < 1.29 is 9.53 Å². The molecule has 0 bridgehead atoms. The summed E-state index contributed by atoms with van der Waals surface area (Å²) in [6.45, 7) is 0. The van der Waals surface area contributed by atoms with E-state index >= 15 is 0 Å². The van der Waals surface area contributed by atoms with Gasteiger partial charge in [-0.3, -0.25) is 4.79 Å². The summed E-state index contributed by atoms with van der Waals surface area (Å²) in [7, 11) is 5.06.